The molecule has 0 aromatic heterocycles. The van der Waals surface area contributed by atoms with Crippen molar-refractivity contribution in [1.82, 2.24) is 4.90 Å². The lowest BCUT2D eigenvalue weighted by molar-refractivity contribution is -0.141. The highest BCUT2D eigenvalue weighted by Gasteiger charge is 2.27. The van der Waals surface area contributed by atoms with E-state index in [0.717, 1.165) is 6.07 Å². The van der Waals surface area contributed by atoms with Gasteiger partial charge in [0.25, 0.3) is 5.91 Å². The smallest absolute Gasteiger partial charge is 0.306 e. The van der Waals surface area contributed by atoms with Crippen LogP contribution in [0.1, 0.15) is 16.8 Å². The molecule has 1 aliphatic rings. The molecule has 0 spiro atoms. The maximum absolute atomic E-state index is 13.7. The summed E-state index contributed by atoms with van der Waals surface area (Å²) >= 11 is 5.76. The molecule has 20 heavy (non-hydrogen) atoms. The maximum Gasteiger partial charge on any atom is 0.306 e. The number of morpholine rings is 1. The molecule has 1 heterocycles. The van der Waals surface area contributed by atoms with Crippen molar-refractivity contribution in [2.24, 2.45) is 0 Å². The van der Waals surface area contributed by atoms with E-state index >= 15 is 0 Å². The first-order valence-electron chi connectivity index (χ1n) is 6.05. The highest BCUT2D eigenvalue weighted by molar-refractivity contribution is 6.31. The minimum absolute atomic E-state index is 0.117. The summed E-state index contributed by atoms with van der Waals surface area (Å²) in [5, 5.41) is 9.00. The van der Waals surface area contributed by atoms with Crippen molar-refractivity contribution in [1.29, 1.82) is 0 Å². The number of ether oxygens (including phenoxy) is 1. The van der Waals surface area contributed by atoms with Crippen LogP contribution in [0, 0.1) is 5.82 Å². The number of carbonyl (C=O) groups excluding carboxylic acids is 1. The first-order valence-corrected chi connectivity index (χ1v) is 6.43. The molecule has 0 radical (unpaired) electrons. The molecule has 0 bridgehead atoms. The van der Waals surface area contributed by atoms with Crippen LogP contribution in [0.25, 0.3) is 0 Å². The van der Waals surface area contributed by atoms with Crippen LogP contribution in [0.2, 0.25) is 5.02 Å². The second kappa shape index (κ2) is 6.19. The molecule has 0 aliphatic carbocycles. The van der Waals surface area contributed by atoms with Crippen LogP contribution in [-0.4, -0.2) is 47.7 Å². The van der Waals surface area contributed by atoms with Crippen molar-refractivity contribution >= 4 is 23.5 Å². The molecule has 1 amide bonds. The van der Waals surface area contributed by atoms with E-state index in [-0.39, 0.29) is 30.2 Å². The van der Waals surface area contributed by atoms with Gasteiger partial charge in [0.2, 0.25) is 0 Å². The van der Waals surface area contributed by atoms with Crippen molar-refractivity contribution < 1.29 is 23.8 Å². The Morgan fingerprint density at radius 1 is 1.50 bits per heavy atom. The van der Waals surface area contributed by atoms with Gasteiger partial charge in [-0.05, 0) is 18.2 Å². The number of hydrogen-bond donors (Lipinski definition) is 1. The molecule has 1 saturated heterocycles. The van der Waals surface area contributed by atoms with E-state index in [1.807, 2.05) is 0 Å². The molecule has 1 N–H and O–H groups in total. The quantitative estimate of drug-likeness (QED) is 0.924. The van der Waals surface area contributed by atoms with Crippen LogP contribution in [0.4, 0.5) is 4.39 Å². The van der Waals surface area contributed by atoms with Crippen LogP contribution in [0.15, 0.2) is 18.2 Å². The fourth-order valence-corrected chi connectivity index (χ4v) is 2.23. The van der Waals surface area contributed by atoms with E-state index in [0.29, 0.717) is 6.54 Å². The Hall–Kier alpha value is -1.66. The van der Waals surface area contributed by atoms with Crippen molar-refractivity contribution in [3.63, 3.8) is 0 Å². The Morgan fingerprint density at radius 2 is 2.25 bits per heavy atom. The molecule has 5 nitrogen and oxygen atoms in total. The first-order chi connectivity index (χ1) is 9.47. The lowest BCUT2D eigenvalue weighted by Crippen LogP contribution is -2.46. The molecular formula is C13H13ClFNO4. The van der Waals surface area contributed by atoms with Crippen LogP contribution in [0.5, 0.6) is 0 Å². The zero-order chi connectivity index (χ0) is 14.7. The lowest BCUT2D eigenvalue weighted by Gasteiger charge is -2.32. The van der Waals surface area contributed by atoms with Crippen LogP contribution < -0.4 is 0 Å². The molecule has 0 saturated carbocycles. The molecule has 1 atom stereocenters. The molecule has 1 aromatic rings. The van der Waals surface area contributed by atoms with Gasteiger partial charge >= 0.3 is 5.97 Å². The maximum atomic E-state index is 13.7. The number of benzene rings is 1. The predicted molar refractivity (Wildman–Crippen MR) is 69.3 cm³/mol. The van der Waals surface area contributed by atoms with E-state index in [9.17, 15) is 14.0 Å². The topological polar surface area (TPSA) is 66.8 Å². The third-order valence-corrected chi connectivity index (χ3v) is 3.22. The van der Waals surface area contributed by atoms with Gasteiger partial charge < -0.3 is 14.7 Å². The first kappa shape index (κ1) is 14.7. The van der Waals surface area contributed by atoms with E-state index in [1.165, 1.54) is 17.0 Å². The largest absolute Gasteiger partial charge is 0.481 e. The van der Waals surface area contributed by atoms with Crippen LogP contribution in [-0.2, 0) is 9.53 Å². The third-order valence-electron chi connectivity index (χ3n) is 2.99. The van der Waals surface area contributed by atoms with Gasteiger partial charge in [-0.15, -0.1) is 0 Å². The second-order valence-electron chi connectivity index (χ2n) is 4.47. The highest BCUT2D eigenvalue weighted by atomic mass is 35.5. The molecule has 1 aromatic carbocycles. The zero-order valence-corrected chi connectivity index (χ0v) is 11.3. The normalized spacial score (nSPS) is 18.9. The molecule has 0 unspecified atom stereocenters. The van der Waals surface area contributed by atoms with E-state index < -0.39 is 23.8 Å². The fraction of sp³-hybridized carbons (Fsp3) is 0.385. The monoisotopic (exact) mass is 301 g/mol. The van der Waals surface area contributed by atoms with Gasteiger partial charge in [0.05, 0.1) is 24.7 Å². The standard InChI is InChI=1S/C13H13ClFNO4/c14-8-1-2-11(15)10(5-8)13(19)16-3-4-20-9(7-16)6-12(17)18/h1-2,5,9H,3-4,6-7H2,(H,17,18)/t9-/m1/s1. The fourth-order valence-electron chi connectivity index (χ4n) is 2.05. The summed E-state index contributed by atoms with van der Waals surface area (Å²) < 4.78 is 18.9. The van der Waals surface area contributed by atoms with E-state index in [1.54, 1.807) is 0 Å². The van der Waals surface area contributed by atoms with Crippen LogP contribution >= 0.6 is 11.6 Å². The van der Waals surface area contributed by atoms with Crippen LogP contribution in [0.3, 0.4) is 0 Å². The van der Waals surface area contributed by atoms with Gasteiger partial charge in [0.1, 0.15) is 5.82 Å². The van der Waals surface area contributed by atoms with Gasteiger partial charge in [0.15, 0.2) is 0 Å². The average molecular weight is 302 g/mol. The SMILES string of the molecule is O=C(O)C[C@@H]1CN(C(=O)c2cc(Cl)ccc2F)CCO1. The summed E-state index contributed by atoms with van der Waals surface area (Å²) in [6.07, 6.45) is -0.769. The second-order valence-corrected chi connectivity index (χ2v) is 4.90. The Balaban J connectivity index is 2.12. The predicted octanol–water partition coefficient (Wildman–Crippen LogP) is 1.79. The van der Waals surface area contributed by atoms with Gasteiger partial charge in [-0.2, -0.15) is 0 Å². The number of carboxylic acid groups (broad SMARTS) is 1. The van der Waals surface area contributed by atoms with Gasteiger partial charge in [0, 0.05) is 18.1 Å². The number of hydrogen-bond acceptors (Lipinski definition) is 3. The van der Waals surface area contributed by atoms with Crippen molar-refractivity contribution in [2.45, 2.75) is 12.5 Å². The minimum atomic E-state index is -1.00. The Kier molecular flexibility index (Phi) is 4.57. The Morgan fingerprint density at radius 3 is 2.95 bits per heavy atom. The number of carboxylic acids is 1. The van der Waals surface area contributed by atoms with Gasteiger partial charge in [-0.25, -0.2) is 4.39 Å². The summed E-state index contributed by atoms with van der Waals surface area (Å²) in [6.45, 7) is 0.643. The zero-order valence-electron chi connectivity index (χ0n) is 10.5. The summed E-state index contributed by atoms with van der Waals surface area (Å²) in [5.74, 6) is -2.16. The van der Waals surface area contributed by atoms with E-state index in [2.05, 4.69) is 0 Å². The van der Waals surface area contributed by atoms with Gasteiger partial charge in [-0.1, -0.05) is 11.6 Å². The van der Waals surface area contributed by atoms with Gasteiger partial charge in [-0.3, -0.25) is 9.59 Å². The molecule has 7 heteroatoms. The molecule has 2 rings (SSSR count). The number of carbonyl (C=O) groups is 2. The molecule has 1 fully saturated rings. The number of halogens is 2. The molecule has 108 valence electrons. The third kappa shape index (κ3) is 3.46. The average Bonchev–Trinajstić information content (AvgIpc) is 2.40. The number of aliphatic carboxylic acids is 1. The van der Waals surface area contributed by atoms with Crippen molar-refractivity contribution in [2.75, 3.05) is 19.7 Å². The summed E-state index contributed by atoms with van der Waals surface area (Å²) in [4.78, 5) is 24.3. The molecular weight excluding hydrogens is 289 g/mol. The number of rotatable bonds is 3. The minimum Gasteiger partial charge on any atom is -0.481 e. The number of amides is 1. The van der Waals surface area contributed by atoms with E-state index in [4.69, 9.17) is 21.4 Å². The summed E-state index contributed by atoms with van der Waals surface area (Å²) in [6, 6.07) is 3.76. The summed E-state index contributed by atoms with van der Waals surface area (Å²) in [5.41, 5.74) is -0.117. The molecule has 1 aliphatic heterocycles. The Bertz CT molecular complexity index is 537. The number of nitrogens with zero attached hydrogens (tertiary/aromatic N) is 1. The van der Waals surface area contributed by atoms with Crippen molar-refractivity contribution in [3.8, 4) is 0 Å². The highest BCUT2D eigenvalue weighted by Crippen LogP contribution is 2.18. The summed E-state index contributed by atoms with van der Waals surface area (Å²) in [7, 11) is 0. The van der Waals surface area contributed by atoms with Crippen molar-refractivity contribution in [3.05, 3.63) is 34.6 Å². The Labute approximate surface area is 119 Å². The lowest BCUT2D eigenvalue weighted by atomic mass is 10.1.